The predicted molar refractivity (Wildman–Crippen MR) is 105 cm³/mol. The first-order valence-corrected chi connectivity index (χ1v) is 9.27. The van der Waals surface area contributed by atoms with E-state index in [1.807, 2.05) is 0 Å². The Balaban J connectivity index is 1.58. The first-order valence-electron chi connectivity index (χ1n) is 9.27. The summed E-state index contributed by atoms with van der Waals surface area (Å²) in [6, 6.07) is 9.53. The van der Waals surface area contributed by atoms with E-state index in [1.54, 1.807) is 0 Å². The highest BCUT2D eigenvalue weighted by Gasteiger charge is 2.45. The van der Waals surface area contributed by atoms with E-state index < -0.39 is 43.3 Å². The number of aliphatic hydroxyl groups is 3. The van der Waals surface area contributed by atoms with Crippen molar-refractivity contribution in [2.45, 2.75) is 30.7 Å². The molecular weight excluding hydrogens is 412 g/mol. The predicted octanol–water partition coefficient (Wildman–Crippen LogP) is 0.246. The molecule has 0 saturated carbocycles. The molecule has 0 spiro atoms. The molecule has 10 heteroatoms. The van der Waals surface area contributed by atoms with Crippen molar-refractivity contribution in [3.05, 3.63) is 54.1 Å². The summed E-state index contributed by atoms with van der Waals surface area (Å²) in [6.07, 6.45) is -4.86. The Bertz CT molecular complexity index is 926. The van der Waals surface area contributed by atoms with Gasteiger partial charge in [0.05, 0.1) is 0 Å². The fraction of sp³-hybridized carbons (Fsp3) is 0.286. The van der Waals surface area contributed by atoms with Crippen LogP contribution in [0.4, 0.5) is 0 Å². The molecule has 1 heterocycles. The second-order valence-corrected chi connectivity index (χ2v) is 6.84. The molecule has 1 saturated heterocycles. The normalized spacial score (nSPS) is 26.0. The highest BCUT2D eigenvalue weighted by atomic mass is 16.7. The van der Waals surface area contributed by atoms with E-state index in [0.29, 0.717) is 5.56 Å². The van der Waals surface area contributed by atoms with E-state index in [-0.39, 0.29) is 23.0 Å². The standard InChI is InChI=1S/C21H22O10/c22-12-3-5-13(6-4-12)30-21-20(28)19(27)18(26)16(31-21)10-29-17(25)8-2-11-1-7-14(23)15(24)9-11/h1-9,16,18-24,26-28H,10H2/t16-,18-,19+,20-,21-/m1/s1. The smallest absolute Gasteiger partial charge is 0.330 e. The van der Waals surface area contributed by atoms with Crippen LogP contribution in [0.2, 0.25) is 0 Å². The summed E-state index contributed by atoms with van der Waals surface area (Å²) in [5, 5.41) is 58.3. The van der Waals surface area contributed by atoms with Gasteiger partial charge in [-0.2, -0.15) is 0 Å². The summed E-state index contributed by atoms with van der Waals surface area (Å²) in [4.78, 5) is 11.9. The highest BCUT2D eigenvalue weighted by molar-refractivity contribution is 5.87. The minimum atomic E-state index is -1.62. The maximum absolute atomic E-state index is 11.9. The van der Waals surface area contributed by atoms with Crippen LogP contribution in [-0.4, -0.2) is 73.9 Å². The fourth-order valence-corrected chi connectivity index (χ4v) is 2.83. The number of aromatic hydroxyl groups is 3. The van der Waals surface area contributed by atoms with E-state index in [4.69, 9.17) is 14.2 Å². The number of hydrogen-bond acceptors (Lipinski definition) is 10. The maximum atomic E-state index is 11.9. The third-order valence-electron chi connectivity index (χ3n) is 4.56. The molecule has 0 radical (unpaired) electrons. The molecule has 3 rings (SSSR count). The van der Waals surface area contributed by atoms with Gasteiger partial charge >= 0.3 is 5.97 Å². The van der Waals surface area contributed by atoms with Crippen molar-refractivity contribution in [1.29, 1.82) is 0 Å². The monoisotopic (exact) mass is 434 g/mol. The number of rotatable bonds is 6. The minimum Gasteiger partial charge on any atom is -0.508 e. The second-order valence-electron chi connectivity index (χ2n) is 6.84. The van der Waals surface area contributed by atoms with Gasteiger partial charge in [-0.3, -0.25) is 0 Å². The third-order valence-corrected chi connectivity index (χ3v) is 4.56. The lowest BCUT2D eigenvalue weighted by Gasteiger charge is -2.39. The molecule has 0 bridgehead atoms. The molecule has 0 aromatic heterocycles. The van der Waals surface area contributed by atoms with Crippen LogP contribution in [0, 0.1) is 0 Å². The van der Waals surface area contributed by atoms with E-state index in [9.17, 15) is 35.4 Å². The molecule has 31 heavy (non-hydrogen) atoms. The van der Waals surface area contributed by atoms with Crippen molar-refractivity contribution in [3.63, 3.8) is 0 Å². The molecule has 1 aliphatic heterocycles. The molecule has 1 fully saturated rings. The number of benzene rings is 2. The molecule has 2 aromatic rings. The molecule has 0 aliphatic carbocycles. The number of ether oxygens (including phenoxy) is 3. The Morgan fingerprint density at radius 2 is 1.65 bits per heavy atom. The summed E-state index contributed by atoms with van der Waals surface area (Å²) < 4.78 is 15.9. The Morgan fingerprint density at radius 1 is 0.935 bits per heavy atom. The van der Waals surface area contributed by atoms with Gasteiger partial charge in [0.25, 0.3) is 0 Å². The van der Waals surface area contributed by atoms with Gasteiger partial charge in [0.15, 0.2) is 11.5 Å². The SMILES string of the molecule is O=C(C=Cc1ccc(O)c(O)c1)OC[C@H]1O[C@@H](Oc2ccc(O)cc2)[C@H](O)[C@@H](O)[C@@H]1O. The Hall–Kier alpha value is -3.31. The van der Waals surface area contributed by atoms with Crippen molar-refractivity contribution < 1.29 is 49.6 Å². The van der Waals surface area contributed by atoms with Gasteiger partial charge in [0.1, 0.15) is 42.5 Å². The minimum absolute atomic E-state index is 0.00766. The van der Waals surface area contributed by atoms with Crippen molar-refractivity contribution in [2.24, 2.45) is 0 Å². The molecule has 0 unspecified atom stereocenters. The van der Waals surface area contributed by atoms with Crippen LogP contribution in [0.3, 0.4) is 0 Å². The van der Waals surface area contributed by atoms with E-state index in [0.717, 1.165) is 6.08 Å². The quantitative estimate of drug-likeness (QED) is 0.211. The lowest BCUT2D eigenvalue weighted by atomic mass is 9.99. The second kappa shape index (κ2) is 9.67. The zero-order valence-corrected chi connectivity index (χ0v) is 16.1. The number of carbonyl (C=O) groups excluding carboxylic acids is 1. The summed E-state index contributed by atoms with van der Waals surface area (Å²) >= 11 is 0. The van der Waals surface area contributed by atoms with Crippen molar-refractivity contribution >= 4 is 12.0 Å². The molecule has 6 N–H and O–H groups in total. The molecule has 166 valence electrons. The zero-order valence-electron chi connectivity index (χ0n) is 16.1. The third kappa shape index (κ3) is 5.64. The fourth-order valence-electron chi connectivity index (χ4n) is 2.83. The number of esters is 1. The number of phenols is 3. The van der Waals surface area contributed by atoms with Crippen LogP contribution in [0.15, 0.2) is 48.5 Å². The van der Waals surface area contributed by atoms with Crippen molar-refractivity contribution in [3.8, 4) is 23.0 Å². The van der Waals surface area contributed by atoms with Crippen molar-refractivity contribution in [1.82, 2.24) is 0 Å². The molecule has 1 aliphatic rings. The van der Waals surface area contributed by atoms with Gasteiger partial charge in [-0.1, -0.05) is 6.07 Å². The summed E-state index contributed by atoms with van der Waals surface area (Å²) in [5.41, 5.74) is 0.433. The Morgan fingerprint density at radius 3 is 2.32 bits per heavy atom. The van der Waals surface area contributed by atoms with Gasteiger partial charge < -0.3 is 44.8 Å². The van der Waals surface area contributed by atoms with Gasteiger partial charge in [0, 0.05) is 6.08 Å². The van der Waals surface area contributed by atoms with Gasteiger partial charge in [-0.25, -0.2) is 4.79 Å². The van der Waals surface area contributed by atoms with Gasteiger partial charge in [-0.05, 0) is 48.0 Å². The molecule has 5 atom stereocenters. The summed E-state index contributed by atoms with van der Waals surface area (Å²) in [7, 11) is 0. The Kier molecular flexibility index (Phi) is 6.98. The summed E-state index contributed by atoms with van der Waals surface area (Å²) in [5.74, 6) is -1.19. The van der Waals surface area contributed by atoms with Crippen LogP contribution >= 0.6 is 0 Å². The van der Waals surface area contributed by atoms with Crippen molar-refractivity contribution in [2.75, 3.05) is 6.61 Å². The maximum Gasteiger partial charge on any atom is 0.330 e. The molecule has 0 amide bonds. The van der Waals surface area contributed by atoms with Crippen LogP contribution in [0.5, 0.6) is 23.0 Å². The lowest BCUT2D eigenvalue weighted by Crippen LogP contribution is -2.60. The van der Waals surface area contributed by atoms with Crippen LogP contribution in [-0.2, 0) is 14.3 Å². The first kappa shape index (κ1) is 22.4. The van der Waals surface area contributed by atoms with E-state index in [1.165, 1.54) is 48.5 Å². The molecule has 10 nitrogen and oxygen atoms in total. The first-order chi connectivity index (χ1) is 14.7. The number of carbonyl (C=O) groups is 1. The zero-order chi connectivity index (χ0) is 22.5. The van der Waals surface area contributed by atoms with Crippen LogP contribution in [0.25, 0.3) is 6.08 Å². The number of hydrogen-bond donors (Lipinski definition) is 6. The molecular formula is C21H22O10. The highest BCUT2D eigenvalue weighted by Crippen LogP contribution is 2.26. The Labute approximate surface area is 176 Å². The van der Waals surface area contributed by atoms with Crippen LogP contribution < -0.4 is 4.74 Å². The van der Waals surface area contributed by atoms with E-state index in [2.05, 4.69) is 0 Å². The van der Waals surface area contributed by atoms with Gasteiger partial charge in [0.2, 0.25) is 6.29 Å². The lowest BCUT2D eigenvalue weighted by molar-refractivity contribution is -0.278. The average Bonchev–Trinajstić information content (AvgIpc) is 2.75. The number of aliphatic hydroxyl groups excluding tert-OH is 3. The molecule has 2 aromatic carbocycles. The van der Waals surface area contributed by atoms with Gasteiger partial charge in [-0.15, -0.1) is 0 Å². The number of phenolic OH excluding ortho intramolecular Hbond substituents is 3. The largest absolute Gasteiger partial charge is 0.508 e. The average molecular weight is 434 g/mol. The summed E-state index contributed by atoms with van der Waals surface area (Å²) in [6.45, 7) is -0.440. The topological polar surface area (TPSA) is 166 Å². The van der Waals surface area contributed by atoms with Crippen LogP contribution in [0.1, 0.15) is 5.56 Å². The van der Waals surface area contributed by atoms with E-state index >= 15 is 0 Å².